The lowest BCUT2D eigenvalue weighted by atomic mass is 9.89. The molecule has 4 heteroatoms. The first-order chi connectivity index (χ1) is 10.2. The van der Waals surface area contributed by atoms with Gasteiger partial charge in [-0.05, 0) is 43.4 Å². The first kappa shape index (κ1) is 16.0. The number of ether oxygens (including phenoxy) is 1. The van der Waals surface area contributed by atoms with E-state index in [1.165, 1.54) is 11.1 Å². The number of rotatable bonds is 7. The highest BCUT2D eigenvalue weighted by Crippen LogP contribution is 2.32. The van der Waals surface area contributed by atoms with Gasteiger partial charge in [0.05, 0.1) is 19.1 Å². The number of hydrogen-bond donors (Lipinski definition) is 1. The van der Waals surface area contributed by atoms with E-state index < -0.39 is 0 Å². The van der Waals surface area contributed by atoms with Gasteiger partial charge in [0.15, 0.2) is 0 Å². The maximum absolute atomic E-state index is 11.9. The smallest absolute Gasteiger partial charge is 0.224 e. The largest absolute Gasteiger partial charge is 0.373 e. The van der Waals surface area contributed by atoms with Crippen molar-refractivity contribution in [1.82, 2.24) is 4.90 Å². The Labute approximate surface area is 127 Å². The Balaban J connectivity index is 1.78. The van der Waals surface area contributed by atoms with Crippen LogP contribution >= 0.6 is 0 Å². The number of carbonyl (C=O) groups excluding carboxylic acids is 1. The van der Waals surface area contributed by atoms with Crippen molar-refractivity contribution in [3.63, 3.8) is 0 Å². The summed E-state index contributed by atoms with van der Waals surface area (Å²) in [6.07, 6.45) is 4.78. The van der Waals surface area contributed by atoms with Crippen molar-refractivity contribution in [2.75, 3.05) is 26.7 Å². The topological polar surface area (TPSA) is 55.6 Å². The predicted molar refractivity (Wildman–Crippen MR) is 84.0 cm³/mol. The molecule has 1 aliphatic rings. The number of amides is 1. The molecule has 116 valence electrons. The van der Waals surface area contributed by atoms with Crippen molar-refractivity contribution in [2.45, 2.75) is 38.2 Å². The predicted octanol–water partition coefficient (Wildman–Crippen LogP) is 2.28. The molecule has 1 aliphatic carbocycles. The summed E-state index contributed by atoms with van der Waals surface area (Å²) >= 11 is 0. The standard InChI is InChI=1S/C17H26N2O2/c1-19(12-5-11-18)17(20)10-13-21-16-9-4-7-14-6-2-3-8-15(14)16/h2-3,6,8,16H,4-5,7,9-13,18H2,1H3. The van der Waals surface area contributed by atoms with Crippen molar-refractivity contribution in [3.8, 4) is 0 Å². The number of fused-ring (bicyclic) bond motifs is 1. The normalized spacial score (nSPS) is 17.3. The molecule has 1 aromatic rings. The number of carbonyl (C=O) groups is 1. The molecule has 4 nitrogen and oxygen atoms in total. The van der Waals surface area contributed by atoms with Crippen LogP contribution in [0.1, 0.15) is 42.9 Å². The Kier molecular flexibility index (Phi) is 6.21. The van der Waals surface area contributed by atoms with Gasteiger partial charge in [0, 0.05) is 13.6 Å². The summed E-state index contributed by atoms with van der Waals surface area (Å²) in [6, 6.07) is 8.47. The molecule has 2 rings (SSSR count). The van der Waals surface area contributed by atoms with Crippen LogP contribution in [-0.4, -0.2) is 37.6 Å². The summed E-state index contributed by atoms with van der Waals surface area (Å²) in [7, 11) is 1.83. The third-order valence-corrected chi connectivity index (χ3v) is 4.07. The van der Waals surface area contributed by atoms with Crippen molar-refractivity contribution < 1.29 is 9.53 Å². The van der Waals surface area contributed by atoms with Gasteiger partial charge in [-0.2, -0.15) is 0 Å². The Morgan fingerprint density at radius 3 is 3.05 bits per heavy atom. The van der Waals surface area contributed by atoms with Crippen LogP contribution in [0.3, 0.4) is 0 Å². The van der Waals surface area contributed by atoms with Gasteiger partial charge < -0.3 is 15.4 Å². The molecule has 1 atom stereocenters. The number of benzene rings is 1. The van der Waals surface area contributed by atoms with Gasteiger partial charge in [-0.25, -0.2) is 0 Å². The van der Waals surface area contributed by atoms with E-state index in [2.05, 4.69) is 24.3 Å². The number of nitrogens with zero attached hydrogens (tertiary/aromatic N) is 1. The number of nitrogens with two attached hydrogens (primary N) is 1. The maximum Gasteiger partial charge on any atom is 0.224 e. The zero-order valence-corrected chi connectivity index (χ0v) is 12.9. The zero-order chi connectivity index (χ0) is 15.1. The highest BCUT2D eigenvalue weighted by molar-refractivity contribution is 5.75. The van der Waals surface area contributed by atoms with Gasteiger partial charge in [-0.3, -0.25) is 4.79 Å². The molecule has 1 amide bonds. The van der Waals surface area contributed by atoms with Gasteiger partial charge in [-0.1, -0.05) is 24.3 Å². The van der Waals surface area contributed by atoms with E-state index in [1.54, 1.807) is 4.90 Å². The van der Waals surface area contributed by atoms with Crippen molar-refractivity contribution in [3.05, 3.63) is 35.4 Å². The molecule has 1 aromatic carbocycles. The Morgan fingerprint density at radius 2 is 2.24 bits per heavy atom. The SMILES string of the molecule is CN(CCCN)C(=O)CCOC1CCCc2ccccc21. The van der Waals surface area contributed by atoms with Crippen LogP contribution in [0.25, 0.3) is 0 Å². The molecule has 0 aromatic heterocycles. The fraction of sp³-hybridized carbons (Fsp3) is 0.588. The third-order valence-electron chi connectivity index (χ3n) is 4.07. The molecule has 0 saturated carbocycles. The van der Waals surface area contributed by atoms with Crippen LogP contribution in [0.4, 0.5) is 0 Å². The van der Waals surface area contributed by atoms with Crippen molar-refractivity contribution >= 4 is 5.91 Å². The highest BCUT2D eigenvalue weighted by atomic mass is 16.5. The van der Waals surface area contributed by atoms with Crippen LogP contribution in [0.15, 0.2) is 24.3 Å². The minimum atomic E-state index is 0.132. The van der Waals surface area contributed by atoms with E-state index in [0.717, 1.165) is 32.2 Å². The molecular formula is C17H26N2O2. The molecule has 0 spiro atoms. The van der Waals surface area contributed by atoms with Crippen LogP contribution in [-0.2, 0) is 16.0 Å². The van der Waals surface area contributed by atoms with Crippen molar-refractivity contribution in [1.29, 1.82) is 0 Å². The fourth-order valence-corrected chi connectivity index (χ4v) is 2.82. The van der Waals surface area contributed by atoms with E-state index in [0.29, 0.717) is 19.6 Å². The summed E-state index contributed by atoms with van der Waals surface area (Å²) in [5.41, 5.74) is 8.14. The second-order valence-corrected chi connectivity index (χ2v) is 5.66. The molecule has 0 radical (unpaired) electrons. The molecule has 2 N–H and O–H groups in total. The summed E-state index contributed by atoms with van der Waals surface area (Å²) in [5.74, 6) is 0.132. The Morgan fingerprint density at radius 1 is 1.43 bits per heavy atom. The summed E-state index contributed by atoms with van der Waals surface area (Å²) in [6.45, 7) is 1.83. The molecule has 0 bridgehead atoms. The molecule has 1 unspecified atom stereocenters. The van der Waals surface area contributed by atoms with Crippen LogP contribution < -0.4 is 5.73 Å². The molecule has 0 aliphatic heterocycles. The van der Waals surface area contributed by atoms with Gasteiger partial charge in [0.25, 0.3) is 0 Å². The monoisotopic (exact) mass is 290 g/mol. The summed E-state index contributed by atoms with van der Waals surface area (Å²) in [4.78, 5) is 13.7. The van der Waals surface area contributed by atoms with Gasteiger partial charge in [0.2, 0.25) is 5.91 Å². The van der Waals surface area contributed by atoms with Gasteiger partial charge in [-0.15, -0.1) is 0 Å². The highest BCUT2D eigenvalue weighted by Gasteiger charge is 2.20. The first-order valence-corrected chi connectivity index (χ1v) is 7.86. The lowest BCUT2D eigenvalue weighted by Gasteiger charge is -2.26. The number of hydrogen-bond acceptors (Lipinski definition) is 3. The van der Waals surface area contributed by atoms with Crippen molar-refractivity contribution in [2.24, 2.45) is 5.73 Å². The van der Waals surface area contributed by atoms with Crippen LogP contribution in [0, 0.1) is 0 Å². The van der Waals surface area contributed by atoms with Crippen LogP contribution in [0.2, 0.25) is 0 Å². The first-order valence-electron chi connectivity index (χ1n) is 7.86. The summed E-state index contributed by atoms with van der Waals surface area (Å²) < 4.78 is 5.96. The third kappa shape index (κ3) is 4.55. The van der Waals surface area contributed by atoms with Gasteiger partial charge >= 0.3 is 0 Å². The summed E-state index contributed by atoms with van der Waals surface area (Å²) in [5, 5.41) is 0. The lowest BCUT2D eigenvalue weighted by molar-refractivity contribution is -0.131. The second-order valence-electron chi connectivity index (χ2n) is 5.66. The minimum absolute atomic E-state index is 0.132. The molecule has 0 fully saturated rings. The second kappa shape index (κ2) is 8.15. The minimum Gasteiger partial charge on any atom is -0.373 e. The van der Waals surface area contributed by atoms with Gasteiger partial charge in [0.1, 0.15) is 0 Å². The molecular weight excluding hydrogens is 264 g/mol. The number of aryl methyl sites for hydroxylation is 1. The quantitative estimate of drug-likeness (QED) is 0.838. The Bertz CT molecular complexity index is 462. The molecule has 0 heterocycles. The molecule has 21 heavy (non-hydrogen) atoms. The van der Waals surface area contributed by atoms with E-state index in [4.69, 9.17) is 10.5 Å². The van der Waals surface area contributed by atoms with E-state index in [-0.39, 0.29) is 12.0 Å². The zero-order valence-electron chi connectivity index (χ0n) is 12.9. The molecule has 0 saturated heterocycles. The van der Waals surface area contributed by atoms with E-state index in [9.17, 15) is 4.79 Å². The lowest BCUT2D eigenvalue weighted by Crippen LogP contribution is -2.30. The average Bonchev–Trinajstić information content (AvgIpc) is 2.52. The van der Waals surface area contributed by atoms with E-state index >= 15 is 0 Å². The van der Waals surface area contributed by atoms with E-state index in [1.807, 2.05) is 7.05 Å². The Hall–Kier alpha value is -1.39. The average molecular weight is 290 g/mol. The maximum atomic E-state index is 11.9. The fourth-order valence-electron chi connectivity index (χ4n) is 2.82. The van der Waals surface area contributed by atoms with Crippen LogP contribution in [0.5, 0.6) is 0 Å².